The lowest BCUT2D eigenvalue weighted by molar-refractivity contribution is 0.609. The predicted molar refractivity (Wildman–Crippen MR) is 97.4 cm³/mol. The molecule has 0 aliphatic carbocycles. The van der Waals surface area contributed by atoms with Gasteiger partial charge in [-0.1, -0.05) is 77.0 Å². The third-order valence-corrected chi connectivity index (χ3v) is 3.95. The minimum absolute atomic E-state index is 0.688. The van der Waals surface area contributed by atoms with Gasteiger partial charge >= 0.3 is 0 Å². The summed E-state index contributed by atoms with van der Waals surface area (Å²) in [5.41, 5.74) is 0.688. The quantitative estimate of drug-likeness (QED) is 0.176. The number of allylic oxidation sites excluding steroid dienone is 3. The van der Waals surface area contributed by atoms with Crippen LogP contribution in [0.5, 0.6) is 0 Å². The van der Waals surface area contributed by atoms with Gasteiger partial charge in [0.15, 0.2) is 0 Å². The number of unbranched alkanes of at least 4 members (excludes halogenated alkanes) is 11. The van der Waals surface area contributed by atoms with Gasteiger partial charge in [0, 0.05) is 5.71 Å². The van der Waals surface area contributed by atoms with Gasteiger partial charge in [0.05, 0.1) is 0 Å². The molecule has 21 heavy (non-hydrogen) atoms. The summed E-state index contributed by atoms with van der Waals surface area (Å²) >= 11 is 0. The van der Waals surface area contributed by atoms with E-state index in [2.05, 4.69) is 25.7 Å². The second-order valence-corrected chi connectivity index (χ2v) is 6.06. The van der Waals surface area contributed by atoms with E-state index in [1.54, 1.807) is 6.08 Å². The molecule has 1 heteroatoms. The third kappa shape index (κ3) is 17.1. The summed E-state index contributed by atoms with van der Waals surface area (Å²) < 4.78 is 0. The molecule has 0 fully saturated rings. The second-order valence-electron chi connectivity index (χ2n) is 6.06. The molecule has 0 heterocycles. The molecule has 0 aromatic rings. The van der Waals surface area contributed by atoms with Crippen molar-refractivity contribution in [3.05, 3.63) is 24.8 Å². The Balaban J connectivity index is 3.11. The van der Waals surface area contributed by atoms with Crippen molar-refractivity contribution >= 4 is 5.71 Å². The molecule has 0 aromatic heterocycles. The van der Waals surface area contributed by atoms with Crippen molar-refractivity contribution in [2.75, 3.05) is 0 Å². The van der Waals surface area contributed by atoms with Crippen molar-refractivity contribution in [1.82, 2.24) is 0 Å². The van der Waals surface area contributed by atoms with E-state index in [1.807, 2.05) is 0 Å². The highest BCUT2D eigenvalue weighted by Crippen LogP contribution is 2.10. The number of hydrogen-bond donors (Lipinski definition) is 1. The minimum atomic E-state index is 0.688. The molecule has 0 saturated carbocycles. The monoisotopic (exact) mass is 291 g/mol. The van der Waals surface area contributed by atoms with Gasteiger partial charge in [-0.15, -0.1) is 0 Å². The van der Waals surface area contributed by atoms with Crippen LogP contribution in [-0.2, 0) is 0 Å². The van der Waals surface area contributed by atoms with Gasteiger partial charge in [-0.2, -0.15) is 0 Å². The minimum Gasteiger partial charge on any atom is -0.305 e. The second kappa shape index (κ2) is 17.2. The van der Waals surface area contributed by atoms with Gasteiger partial charge in [-0.05, 0) is 44.6 Å². The van der Waals surface area contributed by atoms with E-state index >= 15 is 0 Å². The van der Waals surface area contributed by atoms with Crippen molar-refractivity contribution in [3.8, 4) is 0 Å². The van der Waals surface area contributed by atoms with E-state index in [9.17, 15) is 0 Å². The van der Waals surface area contributed by atoms with Crippen LogP contribution in [0.3, 0.4) is 0 Å². The maximum atomic E-state index is 7.48. The van der Waals surface area contributed by atoms with Crippen LogP contribution >= 0.6 is 0 Å². The Morgan fingerprint density at radius 1 is 0.762 bits per heavy atom. The van der Waals surface area contributed by atoms with Crippen LogP contribution in [0.2, 0.25) is 0 Å². The highest BCUT2D eigenvalue weighted by Gasteiger charge is 1.93. The zero-order chi connectivity index (χ0) is 15.6. The van der Waals surface area contributed by atoms with E-state index in [4.69, 9.17) is 5.41 Å². The van der Waals surface area contributed by atoms with Gasteiger partial charge < -0.3 is 5.41 Å². The number of nitrogens with one attached hydrogen (secondary N) is 1. The Morgan fingerprint density at radius 2 is 1.24 bits per heavy atom. The zero-order valence-corrected chi connectivity index (χ0v) is 14.3. The molecule has 0 radical (unpaired) electrons. The fourth-order valence-corrected chi connectivity index (χ4v) is 2.49. The summed E-state index contributed by atoms with van der Waals surface area (Å²) in [6.45, 7) is 5.89. The Kier molecular flexibility index (Phi) is 16.5. The first-order valence-electron chi connectivity index (χ1n) is 9.16. The molecule has 1 nitrogen and oxygen atoms in total. The molecule has 0 aliphatic rings. The lowest BCUT2D eigenvalue weighted by atomic mass is 10.1. The first-order valence-corrected chi connectivity index (χ1v) is 9.16. The molecule has 0 saturated heterocycles. The van der Waals surface area contributed by atoms with E-state index < -0.39 is 0 Å². The van der Waals surface area contributed by atoms with E-state index in [1.165, 1.54) is 77.0 Å². The average molecular weight is 292 g/mol. The maximum Gasteiger partial charge on any atom is 0.0308 e. The summed E-state index contributed by atoms with van der Waals surface area (Å²) in [4.78, 5) is 0. The molecule has 0 rings (SSSR count). The first kappa shape index (κ1) is 20.1. The van der Waals surface area contributed by atoms with E-state index in [0.717, 1.165) is 12.8 Å². The highest BCUT2D eigenvalue weighted by atomic mass is 14.4. The lowest BCUT2D eigenvalue weighted by Crippen LogP contribution is -1.89. The van der Waals surface area contributed by atoms with E-state index in [-0.39, 0.29) is 0 Å². The summed E-state index contributed by atoms with van der Waals surface area (Å²) in [5, 5.41) is 7.48. The SMILES string of the molecule is C=CC(=N)CCCCCCC/C=C\CCCCCCCC. The summed E-state index contributed by atoms with van der Waals surface area (Å²) in [5.74, 6) is 0. The maximum absolute atomic E-state index is 7.48. The van der Waals surface area contributed by atoms with Crippen molar-refractivity contribution in [3.63, 3.8) is 0 Å². The van der Waals surface area contributed by atoms with Crippen LogP contribution in [0, 0.1) is 5.41 Å². The van der Waals surface area contributed by atoms with Crippen LogP contribution in [0.15, 0.2) is 24.8 Å². The van der Waals surface area contributed by atoms with Crippen molar-refractivity contribution < 1.29 is 0 Å². The van der Waals surface area contributed by atoms with Gasteiger partial charge in [-0.3, -0.25) is 0 Å². The Labute approximate surface area is 133 Å². The van der Waals surface area contributed by atoms with Crippen LogP contribution in [0.4, 0.5) is 0 Å². The van der Waals surface area contributed by atoms with Crippen LogP contribution in [-0.4, -0.2) is 5.71 Å². The van der Waals surface area contributed by atoms with Crippen LogP contribution < -0.4 is 0 Å². The third-order valence-electron chi connectivity index (χ3n) is 3.95. The molecule has 0 spiro atoms. The Bertz CT molecular complexity index is 265. The molecule has 0 amide bonds. The molecule has 0 aliphatic heterocycles. The molecule has 0 aromatic carbocycles. The molecule has 0 unspecified atom stereocenters. The van der Waals surface area contributed by atoms with Gasteiger partial charge in [0.25, 0.3) is 0 Å². The fourth-order valence-electron chi connectivity index (χ4n) is 2.49. The standard InChI is InChI=1S/C20H37N/c1-3-5-6-7-8-9-10-11-12-13-14-15-16-17-18-19-20(21)4-2/h4,11-12,21H,2-3,5-10,13-19H2,1H3/b12-11-,21-20?. The van der Waals surface area contributed by atoms with Crippen LogP contribution in [0.1, 0.15) is 96.8 Å². The summed E-state index contributed by atoms with van der Waals surface area (Å²) in [6, 6.07) is 0. The molecule has 122 valence electrons. The topological polar surface area (TPSA) is 23.9 Å². The number of rotatable bonds is 16. The normalized spacial score (nSPS) is 11.1. The smallest absolute Gasteiger partial charge is 0.0308 e. The van der Waals surface area contributed by atoms with E-state index in [0.29, 0.717) is 5.71 Å². The van der Waals surface area contributed by atoms with Gasteiger partial charge in [0.2, 0.25) is 0 Å². The van der Waals surface area contributed by atoms with Gasteiger partial charge in [0.1, 0.15) is 0 Å². The highest BCUT2D eigenvalue weighted by molar-refractivity contribution is 5.91. The molecule has 1 N–H and O–H groups in total. The van der Waals surface area contributed by atoms with Crippen molar-refractivity contribution in [1.29, 1.82) is 5.41 Å². The predicted octanol–water partition coefficient (Wildman–Crippen LogP) is 7.23. The van der Waals surface area contributed by atoms with Gasteiger partial charge in [-0.25, -0.2) is 0 Å². The number of hydrogen-bond acceptors (Lipinski definition) is 1. The summed E-state index contributed by atoms with van der Waals surface area (Å²) in [6.07, 6.45) is 24.6. The average Bonchev–Trinajstić information content (AvgIpc) is 2.50. The molecule has 0 bridgehead atoms. The van der Waals surface area contributed by atoms with Crippen molar-refractivity contribution in [2.24, 2.45) is 0 Å². The first-order chi connectivity index (χ1) is 10.3. The molecular weight excluding hydrogens is 254 g/mol. The Hall–Kier alpha value is -0.850. The lowest BCUT2D eigenvalue weighted by Gasteiger charge is -2.00. The molecule has 0 atom stereocenters. The fraction of sp³-hybridized carbons (Fsp3) is 0.750. The molecular formula is C20H37N. The van der Waals surface area contributed by atoms with Crippen LogP contribution in [0.25, 0.3) is 0 Å². The Morgan fingerprint density at radius 3 is 1.76 bits per heavy atom. The summed E-state index contributed by atoms with van der Waals surface area (Å²) in [7, 11) is 0. The van der Waals surface area contributed by atoms with Crippen molar-refractivity contribution in [2.45, 2.75) is 96.8 Å². The largest absolute Gasteiger partial charge is 0.305 e. The zero-order valence-electron chi connectivity index (χ0n) is 14.3.